The molecule has 3 rings (SSSR count). The first-order valence-corrected chi connectivity index (χ1v) is 8.16. The number of hydrogen-bond acceptors (Lipinski definition) is 3. The van der Waals surface area contributed by atoms with Crippen LogP contribution < -0.4 is 10.1 Å². The van der Waals surface area contributed by atoms with Gasteiger partial charge in [0, 0.05) is 40.8 Å². The topological polar surface area (TPSA) is 39.1 Å². The number of halogens is 1. The van der Waals surface area contributed by atoms with E-state index in [0.29, 0.717) is 6.04 Å². The Hall–Kier alpha value is -1.33. The van der Waals surface area contributed by atoms with Gasteiger partial charge in [0.15, 0.2) is 0 Å². The van der Waals surface area contributed by atoms with Crippen molar-refractivity contribution >= 4 is 15.9 Å². The molecule has 5 heteroatoms. The molecule has 1 aliphatic heterocycles. The number of nitrogens with one attached hydrogen (secondary N) is 1. The van der Waals surface area contributed by atoms with Crippen LogP contribution >= 0.6 is 15.9 Å². The van der Waals surface area contributed by atoms with E-state index in [1.165, 1.54) is 5.56 Å². The fourth-order valence-electron chi connectivity index (χ4n) is 2.82. The van der Waals surface area contributed by atoms with E-state index < -0.39 is 0 Å². The van der Waals surface area contributed by atoms with Crippen molar-refractivity contribution in [2.75, 3.05) is 7.05 Å². The van der Waals surface area contributed by atoms with E-state index in [9.17, 15) is 0 Å². The fraction of sp³-hybridized carbons (Fsp3) is 0.438. The molecular formula is C16H20BrN3O. The van der Waals surface area contributed by atoms with Gasteiger partial charge in [-0.2, -0.15) is 5.10 Å². The summed E-state index contributed by atoms with van der Waals surface area (Å²) in [6.45, 7) is 3.10. The van der Waals surface area contributed by atoms with Crippen LogP contribution in [0.3, 0.4) is 0 Å². The maximum atomic E-state index is 6.20. The molecule has 0 fully saturated rings. The zero-order chi connectivity index (χ0) is 14.8. The monoisotopic (exact) mass is 349 g/mol. The van der Waals surface area contributed by atoms with E-state index in [0.717, 1.165) is 35.2 Å². The maximum absolute atomic E-state index is 6.20. The van der Waals surface area contributed by atoms with Crippen LogP contribution in [0.2, 0.25) is 0 Å². The predicted molar refractivity (Wildman–Crippen MR) is 86.4 cm³/mol. The van der Waals surface area contributed by atoms with Crippen LogP contribution in [0, 0.1) is 0 Å². The number of fused-ring (bicyclic) bond motifs is 1. The van der Waals surface area contributed by atoms with Gasteiger partial charge in [-0.25, -0.2) is 0 Å². The molecule has 0 radical (unpaired) electrons. The minimum atomic E-state index is 0.0508. The molecule has 0 bridgehead atoms. The van der Waals surface area contributed by atoms with Crippen LogP contribution in [0.5, 0.6) is 5.75 Å². The number of hydrogen-bond donors (Lipinski definition) is 1. The van der Waals surface area contributed by atoms with Crippen molar-refractivity contribution in [1.82, 2.24) is 15.1 Å². The largest absolute Gasteiger partial charge is 0.485 e. The van der Waals surface area contributed by atoms with Gasteiger partial charge >= 0.3 is 0 Å². The molecule has 0 aliphatic carbocycles. The first-order valence-electron chi connectivity index (χ1n) is 7.37. The molecule has 1 aromatic carbocycles. The fourth-order valence-corrected chi connectivity index (χ4v) is 3.16. The lowest BCUT2D eigenvalue weighted by atomic mass is 9.94. The van der Waals surface area contributed by atoms with E-state index >= 15 is 0 Å². The zero-order valence-electron chi connectivity index (χ0n) is 12.3. The Labute approximate surface area is 133 Å². The summed E-state index contributed by atoms with van der Waals surface area (Å²) in [5.74, 6) is 0.947. The summed E-state index contributed by atoms with van der Waals surface area (Å²) in [4.78, 5) is 0. The highest BCUT2D eigenvalue weighted by molar-refractivity contribution is 9.10. The summed E-state index contributed by atoms with van der Waals surface area (Å²) in [5.41, 5.74) is 2.37. The minimum absolute atomic E-state index is 0.0508. The highest BCUT2D eigenvalue weighted by atomic mass is 79.9. The Balaban J connectivity index is 1.88. The molecule has 2 unspecified atom stereocenters. The van der Waals surface area contributed by atoms with Gasteiger partial charge in [-0.3, -0.25) is 4.68 Å². The van der Waals surface area contributed by atoms with Crippen molar-refractivity contribution in [2.24, 2.45) is 0 Å². The molecule has 0 spiro atoms. The number of aryl methyl sites for hydroxylation is 1. The van der Waals surface area contributed by atoms with Gasteiger partial charge in [-0.05, 0) is 25.6 Å². The maximum Gasteiger partial charge on any atom is 0.129 e. The van der Waals surface area contributed by atoms with Crippen LogP contribution in [-0.2, 0) is 6.54 Å². The molecule has 2 aromatic rings. The molecule has 2 atom stereocenters. The summed E-state index contributed by atoms with van der Waals surface area (Å²) >= 11 is 3.52. The smallest absolute Gasteiger partial charge is 0.129 e. The second-order valence-electron chi connectivity index (χ2n) is 5.40. The SMILES string of the molecule is CCCn1cc(C2CC(NC)c3ccc(Br)cc3O2)cn1. The summed E-state index contributed by atoms with van der Waals surface area (Å²) in [7, 11) is 2.00. The Morgan fingerprint density at radius 3 is 3.10 bits per heavy atom. The molecule has 112 valence electrons. The van der Waals surface area contributed by atoms with Crippen molar-refractivity contribution in [3.05, 3.63) is 46.2 Å². The van der Waals surface area contributed by atoms with Crippen molar-refractivity contribution < 1.29 is 4.74 Å². The van der Waals surface area contributed by atoms with E-state index in [2.05, 4.69) is 51.6 Å². The van der Waals surface area contributed by atoms with Crippen LogP contribution in [0.15, 0.2) is 35.1 Å². The second kappa shape index (κ2) is 6.20. The highest BCUT2D eigenvalue weighted by Gasteiger charge is 2.29. The third-order valence-corrected chi connectivity index (χ3v) is 4.39. The zero-order valence-corrected chi connectivity index (χ0v) is 13.9. The Morgan fingerprint density at radius 2 is 2.33 bits per heavy atom. The second-order valence-corrected chi connectivity index (χ2v) is 6.32. The van der Waals surface area contributed by atoms with E-state index in [1.807, 2.05) is 24.0 Å². The summed E-state index contributed by atoms with van der Waals surface area (Å²) in [6, 6.07) is 6.53. The van der Waals surface area contributed by atoms with Crippen LogP contribution in [0.1, 0.15) is 43.0 Å². The lowest BCUT2D eigenvalue weighted by molar-refractivity contribution is 0.153. The van der Waals surface area contributed by atoms with Gasteiger partial charge in [-0.1, -0.05) is 28.9 Å². The molecule has 4 nitrogen and oxygen atoms in total. The Bertz CT molecular complexity index is 626. The number of rotatable bonds is 4. The lowest BCUT2D eigenvalue weighted by Crippen LogP contribution is -2.26. The first kappa shape index (κ1) is 14.6. The van der Waals surface area contributed by atoms with Gasteiger partial charge in [0.25, 0.3) is 0 Å². The van der Waals surface area contributed by atoms with Crippen LogP contribution in [0.25, 0.3) is 0 Å². The molecule has 1 N–H and O–H groups in total. The van der Waals surface area contributed by atoms with Gasteiger partial charge < -0.3 is 10.1 Å². The third kappa shape index (κ3) is 2.99. The molecule has 2 heterocycles. The summed E-state index contributed by atoms with van der Waals surface area (Å²) in [5, 5.41) is 7.80. The average molecular weight is 350 g/mol. The van der Waals surface area contributed by atoms with Crippen molar-refractivity contribution in [1.29, 1.82) is 0 Å². The Morgan fingerprint density at radius 1 is 1.48 bits per heavy atom. The molecule has 0 saturated carbocycles. The number of nitrogens with zero attached hydrogens (tertiary/aromatic N) is 2. The first-order chi connectivity index (χ1) is 10.2. The van der Waals surface area contributed by atoms with Gasteiger partial charge in [0.1, 0.15) is 11.9 Å². The quantitative estimate of drug-likeness (QED) is 0.911. The number of aromatic nitrogens is 2. The third-order valence-electron chi connectivity index (χ3n) is 3.90. The van der Waals surface area contributed by atoms with Gasteiger partial charge in [-0.15, -0.1) is 0 Å². The Kier molecular flexibility index (Phi) is 4.31. The van der Waals surface area contributed by atoms with E-state index in [4.69, 9.17) is 4.74 Å². The van der Waals surface area contributed by atoms with Crippen LogP contribution in [0.4, 0.5) is 0 Å². The van der Waals surface area contributed by atoms with Crippen molar-refractivity contribution in [2.45, 2.75) is 38.5 Å². The normalized spacial score (nSPS) is 20.9. The summed E-state index contributed by atoms with van der Waals surface area (Å²) < 4.78 is 9.23. The average Bonchev–Trinajstić information content (AvgIpc) is 2.94. The lowest BCUT2D eigenvalue weighted by Gasteiger charge is -2.31. The molecular weight excluding hydrogens is 330 g/mol. The minimum Gasteiger partial charge on any atom is -0.485 e. The van der Waals surface area contributed by atoms with Crippen LogP contribution in [-0.4, -0.2) is 16.8 Å². The molecule has 1 aromatic heterocycles. The predicted octanol–water partition coefficient (Wildman–Crippen LogP) is 3.84. The van der Waals surface area contributed by atoms with Gasteiger partial charge in [0.2, 0.25) is 0 Å². The summed E-state index contributed by atoms with van der Waals surface area (Å²) in [6.07, 6.45) is 6.08. The highest BCUT2D eigenvalue weighted by Crippen LogP contribution is 2.41. The van der Waals surface area contributed by atoms with Gasteiger partial charge in [0.05, 0.1) is 6.20 Å². The standard InChI is InChI=1S/C16H20BrN3O/c1-3-6-20-10-11(9-19-20)15-8-14(18-2)13-5-4-12(17)7-16(13)21-15/h4-5,7,9-10,14-15,18H,3,6,8H2,1-2H3. The molecule has 21 heavy (non-hydrogen) atoms. The van der Waals surface area contributed by atoms with E-state index in [-0.39, 0.29) is 6.10 Å². The molecule has 0 amide bonds. The van der Waals surface area contributed by atoms with Crippen molar-refractivity contribution in [3.8, 4) is 5.75 Å². The van der Waals surface area contributed by atoms with Crippen molar-refractivity contribution in [3.63, 3.8) is 0 Å². The van der Waals surface area contributed by atoms with E-state index in [1.54, 1.807) is 0 Å². The number of ether oxygens (including phenoxy) is 1. The molecule has 1 aliphatic rings. The number of benzene rings is 1. The molecule has 0 saturated heterocycles.